The van der Waals surface area contributed by atoms with E-state index in [9.17, 15) is 18.4 Å². The smallest absolute Gasteiger partial charge is 0.224 e. The number of carbonyl (C=O) groups excluding carboxylic acids is 2. The molecule has 8 heteroatoms. The summed E-state index contributed by atoms with van der Waals surface area (Å²) >= 11 is 0. The Bertz CT molecular complexity index is 1530. The highest BCUT2D eigenvalue weighted by molar-refractivity contribution is 5.78. The predicted molar refractivity (Wildman–Crippen MR) is 195 cm³/mol. The fraction of sp³-hybridized carbons (Fsp3) is 0.381. The maximum atomic E-state index is 13.7. The largest absolute Gasteiger partial charge is 0.339 e. The molecule has 50 heavy (non-hydrogen) atoms. The van der Waals surface area contributed by atoms with Gasteiger partial charge in [0.2, 0.25) is 11.8 Å². The summed E-state index contributed by atoms with van der Waals surface area (Å²) in [6.45, 7) is 1.59. The van der Waals surface area contributed by atoms with Gasteiger partial charge in [-0.1, -0.05) is 97.1 Å². The van der Waals surface area contributed by atoms with Gasteiger partial charge in [0.1, 0.15) is 11.6 Å². The zero-order valence-corrected chi connectivity index (χ0v) is 28.8. The summed E-state index contributed by atoms with van der Waals surface area (Å²) in [6.07, 6.45) is 7.19. The molecule has 0 saturated carbocycles. The van der Waals surface area contributed by atoms with Crippen molar-refractivity contribution in [3.8, 4) is 0 Å². The second kappa shape index (κ2) is 18.6. The molecule has 6 nitrogen and oxygen atoms in total. The van der Waals surface area contributed by atoms with Crippen LogP contribution in [0.5, 0.6) is 0 Å². The fourth-order valence-corrected chi connectivity index (χ4v) is 7.25. The van der Waals surface area contributed by atoms with Crippen LogP contribution in [0.1, 0.15) is 60.8 Å². The van der Waals surface area contributed by atoms with Crippen LogP contribution in [0.3, 0.4) is 0 Å². The zero-order valence-electron chi connectivity index (χ0n) is 28.8. The minimum atomic E-state index is -0.359. The lowest BCUT2D eigenvalue weighted by molar-refractivity contribution is -0.133. The molecule has 0 unspecified atom stereocenters. The molecule has 6 rings (SSSR count). The molecule has 0 radical (unpaired) electrons. The summed E-state index contributed by atoms with van der Waals surface area (Å²) in [5.74, 6) is -0.341. The van der Waals surface area contributed by atoms with E-state index in [1.54, 1.807) is 36.4 Å². The first-order valence-electron chi connectivity index (χ1n) is 17.9. The normalized spacial score (nSPS) is 18.3. The van der Waals surface area contributed by atoms with E-state index in [0.717, 1.165) is 51.6 Å². The molecule has 0 spiro atoms. The van der Waals surface area contributed by atoms with Crippen LogP contribution in [0, 0.1) is 11.6 Å². The van der Waals surface area contributed by atoms with E-state index in [2.05, 4.69) is 24.3 Å². The molecule has 4 aromatic carbocycles. The van der Waals surface area contributed by atoms with Gasteiger partial charge in [0.05, 0.1) is 0 Å². The number of benzene rings is 4. The third kappa shape index (κ3) is 10.8. The number of nitrogens with zero attached hydrogens (tertiary/aromatic N) is 2. The van der Waals surface area contributed by atoms with Gasteiger partial charge in [0, 0.05) is 50.1 Å². The van der Waals surface area contributed by atoms with E-state index >= 15 is 0 Å². The van der Waals surface area contributed by atoms with E-state index in [1.165, 1.54) is 23.3 Å². The van der Waals surface area contributed by atoms with E-state index in [0.29, 0.717) is 24.0 Å². The first-order chi connectivity index (χ1) is 24.3. The van der Waals surface area contributed by atoms with Crippen LogP contribution < -0.4 is 11.5 Å². The summed E-state index contributed by atoms with van der Waals surface area (Å²) in [7, 11) is 0. The van der Waals surface area contributed by atoms with Gasteiger partial charge in [-0.25, -0.2) is 8.78 Å². The number of likely N-dealkylation sites (tertiary alicyclic amines) is 2. The molecule has 2 fully saturated rings. The van der Waals surface area contributed by atoms with Crippen molar-refractivity contribution in [2.45, 2.75) is 88.4 Å². The van der Waals surface area contributed by atoms with Crippen molar-refractivity contribution in [2.24, 2.45) is 11.5 Å². The predicted octanol–water partition coefficient (Wildman–Crippen LogP) is 6.64. The average molecular weight is 681 g/mol. The molecule has 2 heterocycles. The van der Waals surface area contributed by atoms with Crippen LogP contribution in [0.25, 0.3) is 0 Å². The van der Waals surface area contributed by atoms with E-state index in [-0.39, 0.29) is 60.5 Å². The van der Waals surface area contributed by atoms with Crippen molar-refractivity contribution in [1.29, 1.82) is 0 Å². The summed E-state index contributed by atoms with van der Waals surface area (Å²) in [6, 6.07) is 33.5. The number of nitrogens with two attached hydrogens (primary N) is 2. The van der Waals surface area contributed by atoms with E-state index in [4.69, 9.17) is 11.5 Å². The molecule has 4 atom stereocenters. The highest BCUT2D eigenvalue weighted by Gasteiger charge is 2.31. The Hall–Kier alpha value is -4.40. The molecule has 4 aromatic rings. The lowest BCUT2D eigenvalue weighted by Crippen LogP contribution is -2.40. The number of hydrogen-bond donors (Lipinski definition) is 2. The van der Waals surface area contributed by atoms with Gasteiger partial charge in [0.25, 0.3) is 0 Å². The van der Waals surface area contributed by atoms with Crippen molar-refractivity contribution in [2.75, 3.05) is 13.1 Å². The zero-order chi connectivity index (χ0) is 35.3. The third-order valence-electron chi connectivity index (χ3n) is 9.78. The highest BCUT2D eigenvalue weighted by atomic mass is 19.1. The van der Waals surface area contributed by atoms with Gasteiger partial charge >= 0.3 is 0 Å². The monoisotopic (exact) mass is 680 g/mol. The van der Waals surface area contributed by atoms with Gasteiger partial charge in [0.15, 0.2) is 0 Å². The van der Waals surface area contributed by atoms with Gasteiger partial charge in [-0.05, 0) is 85.8 Å². The minimum Gasteiger partial charge on any atom is -0.339 e. The highest BCUT2D eigenvalue weighted by Crippen LogP contribution is 2.24. The van der Waals surface area contributed by atoms with Crippen molar-refractivity contribution >= 4 is 11.8 Å². The lowest BCUT2D eigenvalue weighted by Gasteiger charge is -2.26. The van der Waals surface area contributed by atoms with Crippen molar-refractivity contribution in [1.82, 2.24) is 9.80 Å². The summed E-state index contributed by atoms with van der Waals surface area (Å²) in [4.78, 5) is 29.3. The number of amides is 2. The molecule has 0 aliphatic carbocycles. The number of carbonyl (C=O) groups is 2. The third-order valence-corrected chi connectivity index (χ3v) is 9.78. The van der Waals surface area contributed by atoms with Crippen LogP contribution in [0.15, 0.2) is 109 Å². The van der Waals surface area contributed by atoms with Crippen LogP contribution in [-0.4, -0.2) is 58.9 Å². The molecule has 0 aromatic heterocycles. The van der Waals surface area contributed by atoms with Crippen LogP contribution in [-0.2, 0) is 35.3 Å². The first kappa shape index (κ1) is 36.9. The molecular formula is C42H50F2N4O2. The minimum absolute atomic E-state index is 0.0854. The van der Waals surface area contributed by atoms with Crippen LogP contribution in [0.4, 0.5) is 8.78 Å². The standard InChI is InChI=1S/2C21H25FN2O/c2*22-20-11-5-4-9-17(20)14-18(23)15-21(25)24-12-6-10-19(24)13-16-7-2-1-3-8-16/h2*1-5,7-9,11,18-19H,6,10,12-15,23H2/t18-,19+;18-,19-/m11/s1. The Balaban J connectivity index is 0.000000194. The summed E-state index contributed by atoms with van der Waals surface area (Å²) in [5, 5.41) is 0. The Labute approximate surface area is 295 Å². The topological polar surface area (TPSA) is 92.7 Å². The number of hydrogen-bond acceptors (Lipinski definition) is 4. The molecule has 0 bridgehead atoms. The van der Waals surface area contributed by atoms with Gasteiger partial charge < -0.3 is 21.3 Å². The second-order valence-corrected chi connectivity index (χ2v) is 13.7. The van der Waals surface area contributed by atoms with E-state index < -0.39 is 0 Å². The molecule has 264 valence electrons. The average Bonchev–Trinajstić information content (AvgIpc) is 3.78. The van der Waals surface area contributed by atoms with Gasteiger partial charge in [-0.15, -0.1) is 0 Å². The lowest BCUT2D eigenvalue weighted by atomic mass is 10.0. The molecule has 2 aliphatic heterocycles. The fourth-order valence-electron chi connectivity index (χ4n) is 7.25. The van der Waals surface area contributed by atoms with Crippen molar-refractivity contribution in [3.63, 3.8) is 0 Å². The molecule has 4 N–H and O–H groups in total. The Morgan fingerprint density at radius 3 is 1.32 bits per heavy atom. The van der Waals surface area contributed by atoms with E-state index in [1.807, 2.05) is 46.2 Å². The second-order valence-electron chi connectivity index (χ2n) is 13.7. The van der Waals surface area contributed by atoms with Crippen molar-refractivity contribution < 1.29 is 18.4 Å². The molecular weight excluding hydrogens is 630 g/mol. The van der Waals surface area contributed by atoms with Gasteiger partial charge in [-0.3, -0.25) is 9.59 Å². The number of halogens is 2. The Kier molecular flexibility index (Phi) is 13.7. The van der Waals surface area contributed by atoms with Crippen molar-refractivity contribution in [3.05, 3.63) is 143 Å². The first-order valence-corrected chi connectivity index (χ1v) is 17.9. The maximum Gasteiger partial charge on any atom is 0.224 e. The molecule has 2 aliphatic rings. The summed E-state index contributed by atoms with van der Waals surface area (Å²) in [5.41, 5.74) is 15.9. The summed E-state index contributed by atoms with van der Waals surface area (Å²) < 4.78 is 27.5. The molecule has 2 amide bonds. The number of rotatable bonds is 12. The quantitative estimate of drug-likeness (QED) is 0.176. The molecule has 2 saturated heterocycles. The maximum absolute atomic E-state index is 13.7. The van der Waals surface area contributed by atoms with Crippen LogP contribution >= 0.6 is 0 Å². The Morgan fingerprint density at radius 1 is 0.580 bits per heavy atom. The SMILES string of the molecule is N[C@@H](CC(=O)N1CCC[C@@H]1Cc1ccccc1)Cc1ccccc1F.N[C@@H](CC(=O)N1CCC[C@H]1Cc1ccccc1)Cc1ccccc1F. The Morgan fingerprint density at radius 2 is 0.940 bits per heavy atom. The van der Waals surface area contributed by atoms with Gasteiger partial charge in [-0.2, -0.15) is 0 Å². The van der Waals surface area contributed by atoms with Crippen LogP contribution in [0.2, 0.25) is 0 Å².